The number of carbonyl (C=O) groups is 1. The van der Waals surface area contributed by atoms with E-state index in [-0.39, 0.29) is 11.8 Å². The lowest BCUT2D eigenvalue weighted by Gasteiger charge is -2.25. The second-order valence-corrected chi connectivity index (χ2v) is 5.81. The second kappa shape index (κ2) is 6.84. The number of carbonyl (C=O) groups excluding carboxylic acids is 1. The zero-order valence-electron chi connectivity index (χ0n) is 12.0. The molecule has 1 aliphatic heterocycles. The predicted octanol–water partition coefficient (Wildman–Crippen LogP) is 2.32. The molecule has 108 valence electrons. The molecule has 2 N–H and O–H groups in total. The zero-order chi connectivity index (χ0) is 14.5. The van der Waals surface area contributed by atoms with Crippen LogP contribution < -0.4 is 5.73 Å². The van der Waals surface area contributed by atoms with Gasteiger partial charge in [-0.2, -0.15) is 0 Å². The summed E-state index contributed by atoms with van der Waals surface area (Å²) in [5.74, 6) is -0.191. The summed E-state index contributed by atoms with van der Waals surface area (Å²) in [6, 6.07) is 8.43. The van der Waals surface area contributed by atoms with Gasteiger partial charge in [-0.15, -0.1) is 0 Å². The van der Waals surface area contributed by atoms with Crippen molar-refractivity contribution in [1.29, 1.82) is 0 Å². The van der Waals surface area contributed by atoms with Crippen molar-refractivity contribution in [2.75, 3.05) is 13.1 Å². The largest absolute Gasteiger partial charge is 0.393 e. The SMILES string of the molecule is CCCC(C(=O)N1CCc2ccccc2CC1)C(N)=S. The van der Waals surface area contributed by atoms with E-state index in [4.69, 9.17) is 18.0 Å². The number of rotatable bonds is 4. The van der Waals surface area contributed by atoms with Crippen LogP contribution in [0.1, 0.15) is 30.9 Å². The summed E-state index contributed by atoms with van der Waals surface area (Å²) in [7, 11) is 0. The van der Waals surface area contributed by atoms with Gasteiger partial charge >= 0.3 is 0 Å². The number of benzene rings is 1. The lowest BCUT2D eigenvalue weighted by Crippen LogP contribution is -2.42. The van der Waals surface area contributed by atoms with Crippen molar-refractivity contribution < 1.29 is 4.79 Å². The summed E-state index contributed by atoms with van der Waals surface area (Å²) in [6.07, 6.45) is 3.50. The summed E-state index contributed by atoms with van der Waals surface area (Å²) >= 11 is 5.06. The fraction of sp³-hybridized carbons (Fsp3) is 0.500. The van der Waals surface area contributed by atoms with Crippen LogP contribution in [-0.4, -0.2) is 28.9 Å². The second-order valence-electron chi connectivity index (χ2n) is 5.34. The number of hydrogen-bond donors (Lipinski definition) is 1. The minimum absolute atomic E-state index is 0.104. The van der Waals surface area contributed by atoms with Crippen LogP contribution in [0.4, 0.5) is 0 Å². The van der Waals surface area contributed by atoms with Gasteiger partial charge in [-0.05, 0) is 30.4 Å². The Balaban J connectivity index is 2.08. The lowest BCUT2D eigenvalue weighted by molar-refractivity contribution is -0.133. The molecule has 0 spiro atoms. The molecule has 0 saturated heterocycles. The van der Waals surface area contributed by atoms with Crippen LogP contribution in [0.15, 0.2) is 24.3 Å². The minimum atomic E-state index is -0.295. The number of thiocarbonyl (C=S) groups is 1. The van der Waals surface area contributed by atoms with Crippen molar-refractivity contribution in [3.8, 4) is 0 Å². The van der Waals surface area contributed by atoms with Crippen molar-refractivity contribution in [3.05, 3.63) is 35.4 Å². The first-order chi connectivity index (χ1) is 9.63. The molecule has 3 nitrogen and oxygen atoms in total. The number of nitrogens with two attached hydrogens (primary N) is 1. The normalized spacial score (nSPS) is 16.1. The molecule has 1 heterocycles. The Kier molecular flexibility index (Phi) is 5.12. The molecule has 0 saturated carbocycles. The molecule has 1 aliphatic rings. The van der Waals surface area contributed by atoms with E-state index in [0.717, 1.165) is 38.8 Å². The highest BCUT2D eigenvalue weighted by Gasteiger charge is 2.27. The quantitative estimate of drug-likeness (QED) is 0.866. The van der Waals surface area contributed by atoms with Crippen molar-refractivity contribution in [3.63, 3.8) is 0 Å². The highest BCUT2D eigenvalue weighted by atomic mass is 32.1. The van der Waals surface area contributed by atoms with E-state index in [1.807, 2.05) is 4.90 Å². The van der Waals surface area contributed by atoms with Gasteiger partial charge in [0.1, 0.15) is 0 Å². The van der Waals surface area contributed by atoms with Gasteiger partial charge in [0.2, 0.25) is 5.91 Å². The summed E-state index contributed by atoms with van der Waals surface area (Å²) in [6.45, 7) is 3.58. The molecule has 4 heteroatoms. The van der Waals surface area contributed by atoms with Gasteiger partial charge < -0.3 is 10.6 Å². The number of amides is 1. The van der Waals surface area contributed by atoms with Crippen LogP contribution in [0, 0.1) is 5.92 Å². The minimum Gasteiger partial charge on any atom is -0.393 e. The first kappa shape index (κ1) is 15.0. The van der Waals surface area contributed by atoms with Crippen molar-refractivity contribution in [2.24, 2.45) is 11.7 Å². The Morgan fingerprint density at radius 1 is 1.30 bits per heavy atom. The highest BCUT2D eigenvalue weighted by Crippen LogP contribution is 2.18. The molecule has 1 atom stereocenters. The van der Waals surface area contributed by atoms with Gasteiger partial charge in [-0.25, -0.2) is 0 Å². The molecular weight excluding hydrogens is 268 g/mol. The molecular formula is C16H22N2OS. The highest BCUT2D eigenvalue weighted by molar-refractivity contribution is 7.80. The summed E-state index contributed by atoms with van der Waals surface area (Å²) in [5, 5.41) is 0. The van der Waals surface area contributed by atoms with Crippen LogP contribution in [0.2, 0.25) is 0 Å². The van der Waals surface area contributed by atoms with Gasteiger partial charge in [-0.1, -0.05) is 49.8 Å². The van der Waals surface area contributed by atoms with Gasteiger partial charge in [0.15, 0.2) is 0 Å². The van der Waals surface area contributed by atoms with E-state index in [0.29, 0.717) is 4.99 Å². The van der Waals surface area contributed by atoms with E-state index < -0.39 is 0 Å². The lowest BCUT2D eigenvalue weighted by atomic mass is 10.0. The van der Waals surface area contributed by atoms with Gasteiger partial charge in [-0.3, -0.25) is 4.79 Å². The van der Waals surface area contributed by atoms with Crippen LogP contribution in [0.3, 0.4) is 0 Å². The maximum atomic E-state index is 12.6. The Morgan fingerprint density at radius 2 is 1.85 bits per heavy atom. The topological polar surface area (TPSA) is 46.3 Å². The van der Waals surface area contributed by atoms with Crippen molar-refractivity contribution in [2.45, 2.75) is 32.6 Å². The van der Waals surface area contributed by atoms with E-state index in [1.54, 1.807) is 0 Å². The molecule has 1 aromatic carbocycles. The average molecular weight is 290 g/mol. The average Bonchev–Trinajstić information content (AvgIpc) is 2.66. The maximum absolute atomic E-state index is 12.6. The van der Waals surface area contributed by atoms with Gasteiger partial charge in [0, 0.05) is 13.1 Å². The van der Waals surface area contributed by atoms with Gasteiger partial charge in [0.25, 0.3) is 0 Å². The molecule has 0 aromatic heterocycles. The molecule has 0 aliphatic carbocycles. The fourth-order valence-electron chi connectivity index (χ4n) is 2.78. The summed E-state index contributed by atoms with van der Waals surface area (Å²) in [5.41, 5.74) is 8.44. The fourth-order valence-corrected chi connectivity index (χ4v) is 3.00. The molecule has 0 bridgehead atoms. The third kappa shape index (κ3) is 3.37. The molecule has 0 fully saturated rings. The smallest absolute Gasteiger partial charge is 0.232 e. The number of hydrogen-bond acceptors (Lipinski definition) is 2. The summed E-state index contributed by atoms with van der Waals surface area (Å²) < 4.78 is 0. The number of fused-ring (bicyclic) bond motifs is 1. The molecule has 0 radical (unpaired) electrons. The standard InChI is InChI=1S/C16H22N2OS/c1-2-5-14(15(17)20)16(19)18-10-8-12-6-3-4-7-13(12)9-11-18/h3-4,6-7,14H,2,5,8-11H2,1H3,(H2,17,20). The summed E-state index contributed by atoms with van der Waals surface area (Å²) in [4.78, 5) is 14.9. The first-order valence-electron chi connectivity index (χ1n) is 7.28. The van der Waals surface area contributed by atoms with E-state index in [1.165, 1.54) is 11.1 Å². The van der Waals surface area contributed by atoms with E-state index >= 15 is 0 Å². The Bertz CT molecular complexity index is 474. The number of nitrogens with zero attached hydrogens (tertiary/aromatic N) is 1. The molecule has 2 rings (SSSR count). The predicted molar refractivity (Wildman–Crippen MR) is 85.6 cm³/mol. The molecule has 1 amide bonds. The monoisotopic (exact) mass is 290 g/mol. The van der Waals surface area contributed by atoms with Crippen LogP contribution in [0.25, 0.3) is 0 Å². The van der Waals surface area contributed by atoms with Crippen LogP contribution in [-0.2, 0) is 17.6 Å². The van der Waals surface area contributed by atoms with Crippen LogP contribution >= 0.6 is 12.2 Å². The van der Waals surface area contributed by atoms with Crippen molar-refractivity contribution >= 4 is 23.1 Å². The zero-order valence-corrected chi connectivity index (χ0v) is 12.8. The molecule has 1 aromatic rings. The van der Waals surface area contributed by atoms with E-state index in [9.17, 15) is 4.79 Å². The van der Waals surface area contributed by atoms with Crippen LogP contribution in [0.5, 0.6) is 0 Å². The Labute approximate surface area is 126 Å². The molecule has 1 unspecified atom stereocenters. The van der Waals surface area contributed by atoms with E-state index in [2.05, 4.69) is 31.2 Å². The maximum Gasteiger partial charge on any atom is 0.232 e. The Morgan fingerprint density at radius 3 is 2.30 bits per heavy atom. The van der Waals surface area contributed by atoms with Gasteiger partial charge in [0.05, 0.1) is 10.9 Å². The molecule has 20 heavy (non-hydrogen) atoms. The third-order valence-corrected chi connectivity index (χ3v) is 4.24. The first-order valence-corrected chi connectivity index (χ1v) is 7.69. The Hall–Kier alpha value is -1.42. The third-order valence-electron chi connectivity index (χ3n) is 3.95. The van der Waals surface area contributed by atoms with Crippen molar-refractivity contribution in [1.82, 2.24) is 4.90 Å².